The van der Waals surface area contributed by atoms with E-state index in [0.29, 0.717) is 11.7 Å². The van der Waals surface area contributed by atoms with Crippen molar-refractivity contribution in [2.24, 2.45) is 0 Å². The lowest BCUT2D eigenvalue weighted by atomic mass is 10.1. The van der Waals surface area contributed by atoms with Gasteiger partial charge in [0, 0.05) is 18.1 Å². The molecule has 1 fully saturated rings. The molecule has 6 heteroatoms. The lowest BCUT2D eigenvalue weighted by Crippen LogP contribution is -2.38. The van der Waals surface area contributed by atoms with Gasteiger partial charge in [0.15, 0.2) is 5.13 Å². The number of amides is 2. The maximum absolute atomic E-state index is 12.0. The molecule has 1 saturated heterocycles. The predicted molar refractivity (Wildman–Crippen MR) is 89.1 cm³/mol. The Balaban J connectivity index is 1.61. The predicted octanol–water partition coefficient (Wildman–Crippen LogP) is 3.10. The van der Waals surface area contributed by atoms with E-state index in [1.54, 1.807) is 6.20 Å². The van der Waals surface area contributed by atoms with Gasteiger partial charge in [-0.15, -0.1) is 11.3 Å². The third kappa shape index (κ3) is 3.84. The molecule has 116 valence electrons. The number of nitrogens with zero attached hydrogens (tertiary/aromatic N) is 2. The lowest BCUT2D eigenvalue weighted by molar-refractivity contribution is 0.227. The summed E-state index contributed by atoms with van der Waals surface area (Å²) in [6, 6.07) is 10.4. The molecular formula is C16H20N4OS. The number of urea groups is 1. The molecule has 0 spiro atoms. The number of aromatic nitrogens is 1. The van der Waals surface area contributed by atoms with Crippen LogP contribution in [-0.4, -0.2) is 35.5 Å². The molecule has 3 rings (SSSR count). The van der Waals surface area contributed by atoms with E-state index in [1.807, 2.05) is 23.6 Å². The Labute approximate surface area is 134 Å². The van der Waals surface area contributed by atoms with E-state index in [0.717, 1.165) is 13.1 Å². The van der Waals surface area contributed by atoms with Gasteiger partial charge < -0.3 is 5.32 Å². The van der Waals surface area contributed by atoms with Gasteiger partial charge in [-0.3, -0.25) is 10.2 Å². The molecular weight excluding hydrogens is 296 g/mol. The van der Waals surface area contributed by atoms with Crippen molar-refractivity contribution in [3.05, 3.63) is 47.5 Å². The van der Waals surface area contributed by atoms with Gasteiger partial charge in [-0.25, -0.2) is 9.78 Å². The quantitative estimate of drug-likeness (QED) is 0.891. The first-order chi connectivity index (χ1) is 10.8. The number of carbonyl (C=O) groups is 1. The highest BCUT2D eigenvalue weighted by Gasteiger charge is 2.23. The van der Waals surface area contributed by atoms with Crippen LogP contribution < -0.4 is 10.6 Å². The minimum absolute atomic E-state index is 0.199. The normalized spacial score (nSPS) is 16.4. The lowest BCUT2D eigenvalue weighted by Gasteiger charge is -2.28. The number of carbonyl (C=O) groups excluding carboxylic acids is 1. The zero-order valence-electron chi connectivity index (χ0n) is 12.4. The third-order valence-electron chi connectivity index (χ3n) is 3.87. The van der Waals surface area contributed by atoms with Crippen LogP contribution in [0.25, 0.3) is 0 Å². The number of rotatable bonds is 5. The second-order valence-corrected chi connectivity index (χ2v) is 6.24. The summed E-state index contributed by atoms with van der Waals surface area (Å²) >= 11 is 1.41. The molecule has 0 aliphatic carbocycles. The second kappa shape index (κ2) is 7.38. The van der Waals surface area contributed by atoms with Crippen LogP contribution in [0, 0.1) is 0 Å². The van der Waals surface area contributed by atoms with E-state index in [1.165, 1.54) is 29.7 Å². The zero-order chi connectivity index (χ0) is 15.2. The molecule has 0 saturated carbocycles. The average molecular weight is 316 g/mol. The van der Waals surface area contributed by atoms with Crippen LogP contribution >= 0.6 is 11.3 Å². The van der Waals surface area contributed by atoms with Crippen LogP contribution in [0.3, 0.4) is 0 Å². The first-order valence-corrected chi connectivity index (χ1v) is 8.44. The molecule has 2 amide bonds. The topological polar surface area (TPSA) is 57.3 Å². The van der Waals surface area contributed by atoms with Crippen LogP contribution in [0.5, 0.6) is 0 Å². The largest absolute Gasteiger partial charge is 0.336 e. The Hall–Kier alpha value is -1.92. The molecule has 2 heterocycles. The summed E-state index contributed by atoms with van der Waals surface area (Å²) in [5.74, 6) is 0. The molecule has 1 unspecified atom stereocenters. The van der Waals surface area contributed by atoms with Gasteiger partial charge >= 0.3 is 6.03 Å². The van der Waals surface area contributed by atoms with Crippen LogP contribution in [0.2, 0.25) is 0 Å². The van der Waals surface area contributed by atoms with Gasteiger partial charge in [-0.05, 0) is 31.5 Å². The molecule has 1 aliphatic heterocycles. The van der Waals surface area contributed by atoms with E-state index >= 15 is 0 Å². The minimum atomic E-state index is -0.199. The first-order valence-electron chi connectivity index (χ1n) is 7.56. The zero-order valence-corrected chi connectivity index (χ0v) is 13.2. The third-order valence-corrected chi connectivity index (χ3v) is 4.56. The monoisotopic (exact) mass is 316 g/mol. The van der Waals surface area contributed by atoms with E-state index < -0.39 is 0 Å². The summed E-state index contributed by atoms with van der Waals surface area (Å²) in [6.45, 7) is 2.78. The minimum Gasteiger partial charge on any atom is -0.336 e. The highest BCUT2D eigenvalue weighted by atomic mass is 32.1. The smallest absolute Gasteiger partial charge is 0.321 e. The van der Waals surface area contributed by atoms with Crippen LogP contribution in [0.4, 0.5) is 9.93 Å². The number of anilines is 1. The fourth-order valence-corrected chi connectivity index (χ4v) is 3.33. The Morgan fingerprint density at radius 2 is 2.05 bits per heavy atom. The number of likely N-dealkylation sites (tertiary alicyclic amines) is 1. The standard InChI is InChI=1S/C16H20N4OS/c21-15(19-16-17-8-11-22-16)18-12-14(20-9-4-5-10-20)13-6-2-1-3-7-13/h1-3,6-8,11,14H,4-5,9-10,12H2,(H2,17,18,19,21). The van der Waals surface area contributed by atoms with Gasteiger partial charge in [0.25, 0.3) is 0 Å². The summed E-state index contributed by atoms with van der Waals surface area (Å²) in [6.07, 6.45) is 4.14. The van der Waals surface area contributed by atoms with Crippen LogP contribution in [0.1, 0.15) is 24.4 Å². The summed E-state index contributed by atoms with van der Waals surface area (Å²) in [7, 11) is 0. The Morgan fingerprint density at radius 1 is 1.27 bits per heavy atom. The molecule has 2 N–H and O–H groups in total. The highest BCUT2D eigenvalue weighted by molar-refractivity contribution is 7.13. The molecule has 5 nitrogen and oxygen atoms in total. The molecule has 0 bridgehead atoms. The average Bonchev–Trinajstić information content (AvgIpc) is 3.22. The molecule has 1 atom stereocenters. The van der Waals surface area contributed by atoms with Crippen molar-refractivity contribution in [3.8, 4) is 0 Å². The van der Waals surface area contributed by atoms with Gasteiger partial charge in [0.2, 0.25) is 0 Å². The molecule has 1 aliphatic rings. The fraction of sp³-hybridized carbons (Fsp3) is 0.375. The van der Waals surface area contributed by atoms with Crippen LogP contribution in [-0.2, 0) is 0 Å². The Morgan fingerprint density at radius 3 is 2.73 bits per heavy atom. The highest BCUT2D eigenvalue weighted by Crippen LogP contribution is 2.24. The van der Waals surface area contributed by atoms with Crippen molar-refractivity contribution in [1.29, 1.82) is 0 Å². The Bertz CT molecular complexity index is 581. The van der Waals surface area contributed by atoms with Crippen molar-refractivity contribution in [2.45, 2.75) is 18.9 Å². The first kappa shape index (κ1) is 15.0. The maximum atomic E-state index is 12.0. The van der Waals surface area contributed by atoms with E-state index in [2.05, 4.69) is 32.7 Å². The van der Waals surface area contributed by atoms with Crippen molar-refractivity contribution in [3.63, 3.8) is 0 Å². The number of hydrogen-bond donors (Lipinski definition) is 2. The van der Waals surface area contributed by atoms with E-state index in [9.17, 15) is 4.79 Å². The summed E-state index contributed by atoms with van der Waals surface area (Å²) in [5.41, 5.74) is 1.25. The molecule has 0 radical (unpaired) electrons. The van der Waals surface area contributed by atoms with Crippen molar-refractivity contribution in [2.75, 3.05) is 25.0 Å². The SMILES string of the molecule is O=C(NCC(c1ccccc1)N1CCCC1)Nc1nccs1. The Kier molecular flexibility index (Phi) is 5.03. The van der Waals surface area contributed by atoms with Crippen LogP contribution in [0.15, 0.2) is 41.9 Å². The molecule has 22 heavy (non-hydrogen) atoms. The molecule has 2 aromatic rings. The van der Waals surface area contributed by atoms with Gasteiger partial charge in [0.05, 0.1) is 6.04 Å². The van der Waals surface area contributed by atoms with Crippen molar-refractivity contribution < 1.29 is 4.79 Å². The maximum Gasteiger partial charge on any atom is 0.321 e. The second-order valence-electron chi connectivity index (χ2n) is 5.34. The van der Waals surface area contributed by atoms with Crippen molar-refractivity contribution >= 4 is 22.5 Å². The molecule has 1 aromatic carbocycles. The fourth-order valence-electron chi connectivity index (χ4n) is 2.80. The summed E-state index contributed by atoms with van der Waals surface area (Å²) in [5, 5.41) is 8.19. The summed E-state index contributed by atoms with van der Waals surface area (Å²) in [4.78, 5) is 18.5. The number of nitrogens with one attached hydrogen (secondary N) is 2. The van der Waals surface area contributed by atoms with Gasteiger partial charge in [-0.2, -0.15) is 0 Å². The molecule has 1 aromatic heterocycles. The number of thiazole rings is 1. The van der Waals surface area contributed by atoms with Gasteiger partial charge in [0.1, 0.15) is 0 Å². The number of hydrogen-bond acceptors (Lipinski definition) is 4. The van der Waals surface area contributed by atoms with Gasteiger partial charge in [-0.1, -0.05) is 30.3 Å². The van der Waals surface area contributed by atoms with Crippen molar-refractivity contribution in [1.82, 2.24) is 15.2 Å². The number of benzene rings is 1. The summed E-state index contributed by atoms with van der Waals surface area (Å²) < 4.78 is 0. The van der Waals surface area contributed by atoms with E-state index in [-0.39, 0.29) is 12.1 Å². The van der Waals surface area contributed by atoms with E-state index in [4.69, 9.17) is 0 Å².